The number of rotatable bonds is 8. The van der Waals surface area contributed by atoms with Crippen molar-refractivity contribution in [3.8, 4) is 17.2 Å². The Bertz CT molecular complexity index is 1170. The maximum atomic E-state index is 13.4. The van der Waals surface area contributed by atoms with Crippen molar-refractivity contribution in [2.24, 2.45) is 0 Å². The van der Waals surface area contributed by atoms with Gasteiger partial charge in [0.2, 0.25) is 0 Å². The molecule has 1 amide bonds. The third kappa shape index (κ3) is 4.89. The van der Waals surface area contributed by atoms with E-state index in [9.17, 15) is 14.7 Å². The Labute approximate surface area is 210 Å². The van der Waals surface area contributed by atoms with Crippen LogP contribution in [0.1, 0.15) is 22.7 Å². The predicted octanol–water partition coefficient (Wildman–Crippen LogP) is 2.77. The Morgan fingerprint density at radius 2 is 1.64 bits per heavy atom. The molecular weight excluding hydrogens is 464 g/mol. The number of likely N-dealkylation sites (tertiary alicyclic amines) is 1. The number of carbonyl (C=O) groups excluding carboxylic acids is 2. The highest BCUT2D eigenvalue weighted by molar-refractivity contribution is 6.46. The van der Waals surface area contributed by atoms with E-state index in [1.54, 1.807) is 50.6 Å². The highest BCUT2D eigenvalue weighted by Gasteiger charge is 2.47. The summed E-state index contributed by atoms with van der Waals surface area (Å²) in [5.74, 6) is 0.0188. The van der Waals surface area contributed by atoms with Crippen LogP contribution >= 0.6 is 0 Å². The number of morpholine rings is 1. The van der Waals surface area contributed by atoms with E-state index in [-0.39, 0.29) is 11.3 Å². The van der Waals surface area contributed by atoms with Crippen LogP contribution in [0.3, 0.4) is 0 Å². The van der Waals surface area contributed by atoms with Crippen LogP contribution in [-0.4, -0.2) is 87.3 Å². The van der Waals surface area contributed by atoms with Gasteiger partial charge >= 0.3 is 0 Å². The van der Waals surface area contributed by atoms with Gasteiger partial charge in [0.25, 0.3) is 11.7 Å². The first kappa shape index (κ1) is 25.5. The number of methoxy groups -OCH3 is 3. The van der Waals surface area contributed by atoms with Gasteiger partial charge in [-0.25, -0.2) is 0 Å². The molecule has 2 heterocycles. The zero-order valence-corrected chi connectivity index (χ0v) is 21.1. The van der Waals surface area contributed by atoms with Crippen LogP contribution in [0.2, 0.25) is 0 Å². The molecule has 36 heavy (non-hydrogen) atoms. The van der Waals surface area contributed by atoms with Crippen molar-refractivity contribution in [2.75, 3.05) is 60.7 Å². The van der Waals surface area contributed by atoms with Crippen molar-refractivity contribution in [1.82, 2.24) is 9.80 Å². The number of aliphatic hydroxyl groups is 1. The first-order valence-corrected chi connectivity index (χ1v) is 11.8. The third-order valence-corrected chi connectivity index (χ3v) is 6.72. The number of amides is 1. The van der Waals surface area contributed by atoms with Crippen molar-refractivity contribution in [3.05, 3.63) is 58.7 Å². The number of ether oxygens (including phenoxy) is 4. The summed E-state index contributed by atoms with van der Waals surface area (Å²) in [7, 11) is 4.63. The number of hydrogen-bond acceptors (Lipinski definition) is 8. The first-order valence-electron chi connectivity index (χ1n) is 11.8. The standard InChI is InChI=1S/C27H32N2O7/c1-17-15-18(33-2)5-7-20(17)25(30)23-24(21-16-19(34-3)6-8-22(21)35-4)29(27(32)26(23)31)10-9-28-11-13-36-14-12-28/h5-8,15-16,24,30H,9-14H2,1-4H3/t24-/m1/s1. The second-order valence-electron chi connectivity index (χ2n) is 8.74. The molecule has 2 aliphatic rings. The second-order valence-corrected chi connectivity index (χ2v) is 8.74. The van der Waals surface area contributed by atoms with Crippen molar-refractivity contribution in [2.45, 2.75) is 13.0 Å². The van der Waals surface area contributed by atoms with Gasteiger partial charge in [-0.2, -0.15) is 0 Å². The summed E-state index contributed by atoms with van der Waals surface area (Å²) in [6.07, 6.45) is 0. The van der Waals surface area contributed by atoms with Gasteiger partial charge < -0.3 is 29.0 Å². The van der Waals surface area contributed by atoms with Crippen molar-refractivity contribution in [3.63, 3.8) is 0 Å². The largest absolute Gasteiger partial charge is 0.507 e. The fourth-order valence-corrected chi connectivity index (χ4v) is 4.73. The molecule has 0 spiro atoms. The van der Waals surface area contributed by atoms with E-state index >= 15 is 0 Å². The molecule has 9 heteroatoms. The smallest absolute Gasteiger partial charge is 0.295 e. The Morgan fingerprint density at radius 3 is 2.28 bits per heavy atom. The molecule has 0 unspecified atom stereocenters. The fraction of sp³-hybridized carbons (Fsp3) is 0.407. The lowest BCUT2D eigenvalue weighted by molar-refractivity contribution is -0.140. The number of aryl methyl sites for hydroxylation is 1. The number of nitrogens with zero attached hydrogens (tertiary/aromatic N) is 2. The lowest BCUT2D eigenvalue weighted by Crippen LogP contribution is -2.42. The molecular formula is C27H32N2O7. The maximum Gasteiger partial charge on any atom is 0.295 e. The average molecular weight is 497 g/mol. The molecule has 2 aliphatic heterocycles. The van der Waals surface area contributed by atoms with Gasteiger partial charge in [0, 0.05) is 37.3 Å². The molecule has 2 saturated heterocycles. The van der Waals surface area contributed by atoms with Crippen LogP contribution in [0, 0.1) is 6.92 Å². The molecule has 4 rings (SSSR count). The molecule has 0 bridgehead atoms. The quantitative estimate of drug-likeness (QED) is 0.339. The minimum atomic E-state index is -0.849. The van der Waals surface area contributed by atoms with E-state index in [0.717, 1.165) is 13.1 Å². The van der Waals surface area contributed by atoms with Gasteiger partial charge in [0.15, 0.2) is 0 Å². The molecule has 2 fully saturated rings. The van der Waals surface area contributed by atoms with Crippen LogP contribution in [0.15, 0.2) is 42.0 Å². The lowest BCUT2D eigenvalue weighted by atomic mass is 9.93. The van der Waals surface area contributed by atoms with E-state index in [4.69, 9.17) is 18.9 Å². The summed E-state index contributed by atoms with van der Waals surface area (Å²) in [4.78, 5) is 30.5. The van der Waals surface area contributed by atoms with Gasteiger partial charge in [-0.1, -0.05) is 0 Å². The Balaban J connectivity index is 1.84. The van der Waals surface area contributed by atoms with Gasteiger partial charge in [0.05, 0.1) is 46.2 Å². The number of Topliss-reactive ketones (excluding diaryl/α,β-unsaturated/α-hetero) is 1. The molecule has 2 aromatic carbocycles. The van der Waals surface area contributed by atoms with E-state index in [2.05, 4.69) is 4.90 Å². The molecule has 0 radical (unpaired) electrons. The first-order chi connectivity index (χ1) is 17.4. The van der Waals surface area contributed by atoms with Gasteiger partial charge in [0.1, 0.15) is 23.0 Å². The zero-order chi connectivity index (χ0) is 25.8. The zero-order valence-electron chi connectivity index (χ0n) is 21.1. The summed E-state index contributed by atoms with van der Waals surface area (Å²) >= 11 is 0. The van der Waals surface area contributed by atoms with Crippen LogP contribution < -0.4 is 14.2 Å². The predicted molar refractivity (Wildman–Crippen MR) is 134 cm³/mol. The van der Waals surface area contributed by atoms with Crippen molar-refractivity contribution < 1.29 is 33.6 Å². The molecule has 2 aromatic rings. The molecule has 0 saturated carbocycles. The maximum absolute atomic E-state index is 13.4. The topological polar surface area (TPSA) is 97.8 Å². The van der Waals surface area contributed by atoms with Crippen LogP contribution in [-0.2, 0) is 14.3 Å². The summed E-state index contributed by atoms with van der Waals surface area (Å²) in [5.41, 5.74) is 1.74. The number of ketones is 1. The Hall–Kier alpha value is -3.56. The normalized spacial score (nSPS) is 20.0. The van der Waals surface area contributed by atoms with E-state index in [1.165, 1.54) is 12.0 Å². The summed E-state index contributed by atoms with van der Waals surface area (Å²) < 4.78 is 21.7. The Kier molecular flexibility index (Phi) is 7.81. The fourth-order valence-electron chi connectivity index (χ4n) is 4.73. The number of hydrogen-bond donors (Lipinski definition) is 1. The molecule has 9 nitrogen and oxygen atoms in total. The third-order valence-electron chi connectivity index (χ3n) is 6.72. The molecule has 192 valence electrons. The monoisotopic (exact) mass is 496 g/mol. The number of carbonyl (C=O) groups is 2. The van der Waals surface area contributed by atoms with Crippen molar-refractivity contribution >= 4 is 17.4 Å². The molecule has 1 atom stereocenters. The highest BCUT2D eigenvalue weighted by atomic mass is 16.5. The van der Waals surface area contributed by atoms with Gasteiger partial charge in [-0.3, -0.25) is 14.5 Å². The average Bonchev–Trinajstić information content (AvgIpc) is 3.16. The van der Waals surface area contributed by atoms with Gasteiger partial charge in [-0.15, -0.1) is 0 Å². The van der Waals surface area contributed by atoms with E-state index in [0.29, 0.717) is 60.2 Å². The minimum Gasteiger partial charge on any atom is -0.507 e. The molecule has 1 N–H and O–H groups in total. The summed E-state index contributed by atoms with van der Waals surface area (Å²) in [5, 5.41) is 11.4. The molecule has 0 aromatic heterocycles. The second kappa shape index (κ2) is 11.0. The van der Waals surface area contributed by atoms with Crippen LogP contribution in [0.4, 0.5) is 0 Å². The summed E-state index contributed by atoms with van der Waals surface area (Å²) in [6, 6.07) is 9.53. The van der Waals surface area contributed by atoms with Crippen molar-refractivity contribution in [1.29, 1.82) is 0 Å². The lowest BCUT2D eigenvalue weighted by Gasteiger charge is -2.31. The minimum absolute atomic E-state index is 0.0156. The van der Waals surface area contributed by atoms with Gasteiger partial charge in [-0.05, 0) is 48.9 Å². The highest BCUT2D eigenvalue weighted by Crippen LogP contribution is 2.44. The SMILES string of the molecule is COc1ccc(C(O)=C2C(=O)C(=O)N(CCN3CCOCC3)[C@@H]2c2cc(OC)ccc2OC)c(C)c1. The van der Waals surface area contributed by atoms with E-state index < -0.39 is 17.7 Å². The number of benzene rings is 2. The Morgan fingerprint density at radius 1 is 0.972 bits per heavy atom. The van der Waals surface area contributed by atoms with Crippen LogP contribution in [0.25, 0.3) is 5.76 Å². The number of aliphatic hydroxyl groups excluding tert-OH is 1. The summed E-state index contributed by atoms with van der Waals surface area (Å²) in [6.45, 7) is 5.44. The van der Waals surface area contributed by atoms with Crippen LogP contribution in [0.5, 0.6) is 17.2 Å². The van der Waals surface area contributed by atoms with E-state index in [1.807, 2.05) is 6.92 Å². The molecule has 0 aliphatic carbocycles.